The molecule has 3 saturated heterocycles. The third-order valence-electron chi connectivity index (χ3n) is 4.35. The molecule has 19 heavy (non-hydrogen) atoms. The summed E-state index contributed by atoms with van der Waals surface area (Å²) in [5.74, 6) is -1.18. The van der Waals surface area contributed by atoms with Crippen molar-refractivity contribution in [2.45, 2.75) is 31.3 Å². The second kappa shape index (κ2) is 4.97. The Morgan fingerprint density at radius 3 is 2.58 bits per heavy atom. The van der Waals surface area contributed by atoms with Crippen molar-refractivity contribution < 1.29 is 19.4 Å². The Morgan fingerprint density at radius 1 is 1.21 bits per heavy atom. The van der Waals surface area contributed by atoms with Crippen LogP contribution in [0.4, 0.5) is 4.79 Å². The molecular weight excluding hydrogens is 250 g/mol. The number of carbonyl (C=O) groups is 2. The number of urea groups is 1. The lowest BCUT2D eigenvalue weighted by atomic mass is 9.89. The monoisotopic (exact) mass is 269 g/mol. The number of amides is 2. The molecule has 0 saturated carbocycles. The number of hydrogen-bond acceptors (Lipinski definition) is 4. The summed E-state index contributed by atoms with van der Waals surface area (Å²) in [6, 6.07) is -0.200. The second-order valence-electron chi connectivity index (χ2n) is 5.40. The summed E-state index contributed by atoms with van der Waals surface area (Å²) in [5, 5.41) is 11.0. The molecule has 0 aromatic rings. The number of hydrazine groups is 1. The molecule has 3 fully saturated rings. The van der Waals surface area contributed by atoms with Crippen molar-refractivity contribution >= 4 is 12.0 Å². The van der Waals surface area contributed by atoms with Crippen molar-refractivity contribution in [2.24, 2.45) is 5.92 Å². The molecule has 0 radical (unpaired) electrons. The average molecular weight is 269 g/mol. The first-order chi connectivity index (χ1) is 9.16. The van der Waals surface area contributed by atoms with E-state index >= 15 is 0 Å². The maximum absolute atomic E-state index is 12.3. The van der Waals surface area contributed by atoms with Crippen molar-refractivity contribution in [3.8, 4) is 0 Å². The van der Waals surface area contributed by atoms with E-state index in [1.165, 1.54) is 0 Å². The molecule has 3 aliphatic heterocycles. The molecule has 3 rings (SSSR count). The van der Waals surface area contributed by atoms with E-state index in [-0.39, 0.29) is 18.1 Å². The molecule has 0 aliphatic carbocycles. The minimum absolute atomic E-state index is 0.0899. The molecule has 2 bridgehead atoms. The summed E-state index contributed by atoms with van der Waals surface area (Å²) in [6.07, 6.45) is 2.32. The minimum Gasteiger partial charge on any atom is -0.481 e. The van der Waals surface area contributed by atoms with Gasteiger partial charge in [-0.05, 0) is 19.3 Å². The number of carboxylic acid groups (broad SMARTS) is 1. The third-order valence-corrected chi connectivity index (χ3v) is 4.35. The fourth-order valence-electron chi connectivity index (χ4n) is 3.44. The van der Waals surface area contributed by atoms with Gasteiger partial charge in [0, 0.05) is 25.2 Å². The molecule has 106 valence electrons. The number of hydrogen-bond donors (Lipinski definition) is 2. The molecule has 2 N–H and O–H groups in total. The standard InChI is InChI=1S/C12H19N3O4/c16-11(17)9-7-8-1-2-10(9)15(8)12(18)13-14-3-5-19-6-4-14/h8-10H,1-7H2,(H,13,18)(H,16,17). The quantitative estimate of drug-likeness (QED) is 0.730. The molecule has 0 aromatic carbocycles. The molecule has 2 amide bonds. The Balaban J connectivity index is 1.62. The first-order valence-corrected chi connectivity index (χ1v) is 6.81. The van der Waals surface area contributed by atoms with Crippen molar-refractivity contribution in [3.05, 3.63) is 0 Å². The highest BCUT2D eigenvalue weighted by molar-refractivity contribution is 5.79. The maximum Gasteiger partial charge on any atom is 0.332 e. The number of ether oxygens (including phenoxy) is 1. The van der Waals surface area contributed by atoms with E-state index in [0.29, 0.717) is 32.7 Å². The molecule has 3 aliphatic rings. The Hall–Kier alpha value is -1.34. The zero-order chi connectivity index (χ0) is 13.4. The van der Waals surface area contributed by atoms with Gasteiger partial charge in [0.05, 0.1) is 19.1 Å². The molecule has 7 heteroatoms. The van der Waals surface area contributed by atoms with Crippen LogP contribution in [0.2, 0.25) is 0 Å². The molecule has 7 nitrogen and oxygen atoms in total. The van der Waals surface area contributed by atoms with Crippen LogP contribution in [-0.2, 0) is 9.53 Å². The highest BCUT2D eigenvalue weighted by Crippen LogP contribution is 2.41. The number of carboxylic acids is 1. The van der Waals surface area contributed by atoms with Crippen molar-refractivity contribution in [2.75, 3.05) is 26.3 Å². The first kappa shape index (κ1) is 12.7. The Bertz CT molecular complexity index is 383. The van der Waals surface area contributed by atoms with Gasteiger partial charge in [-0.1, -0.05) is 0 Å². The van der Waals surface area contributed by atoms with Gasteiger partial charge in [-0.25, -0.2) is 9.80 Å². The molecule has 3 atom stereocenters. The van der Waals surface area contributed by atoms with Crippen molar-refractivity contribution in [1.82, 2.24) is 15.3 Å². The highest BCUT2D eigenvalue weighted by Gasteiger charge is 2.51. The predicted molar refractivity (Wildman–Crippen MR) is 65.3 cm³/mol. The normalized spacial score (nSPS) is 34.5. The number of morpholine rings is 1. The third kappa shape index (κ3) is 2.28. The van der Waals surface area contributed by atoms with Gasteiger partial charge in [0.1, 0.15) is 0 Å². The Morgan fingerprint density at radius 2 is 1.95 bits per heavy atom. The van der Waals surface area contributed by atoms with E-state index in [4.69, 9.17) is 4.74 Å². The van der Waals surface area contributed by atoms with Crippen LogP contribution in [0.15, 0.2) is 0 Å². The van der Waals surface area contributed by atoms with Gasteiger partial charge >= 0.3 is 12.0 Å². The van der Waals surface area contributed by atoms with Gasteiger partial charge in [0.2, 0.25) is 0 Å². The number of nitrogens with zero attached hydrogens (tertiary/aromatic N) is 2. The maximum atomic E-state index is 12.3. The highest BCUT2D eigenvalue weighted by atomic mass is 16.5. The SMILES string of the molecule is O=C(O)C1CC2CCC1N2C(=O)NN1CCOCC1. The fraction of sp³-hybridized carbons (Fsp3) is 0.833. The van der Waals surface area contributed by atoms with E-state index in [9.17, 15) is 14.7 Å². The summed E-state index contributed by atoms with van der Waals surface area (Å²) in [6.45, 7) is 2.59. The second-order valence-corrected chi connectivity index (χ2v) is 5.40. The summed E-state index contributed by atoms with van der Waals surface area (Å²) in [5.41, 5.74) is 2.87. The molecular formula is C12H19N3O4. The minimum atomic E-state index is -0.781. The summed E-state index contributed by atoms with van der Waals surface area (Å²) in [4.78, 5) is 25.2. The lowest BCUT2D eigenvalue weighted by Crippen LogP contribution is -2.54. The Kier molecular flexibility index (Phi) is 3.32. The number of nitrogens with one attached hydrogen (secondary N) is 1. The van der Waals surface area contributed by atoms with Gasteiger partial charge < -0.3 is 14.7 Å². The number of aliphatic carboxylic acids is 1. The molecule has 3 unspecified atom stereocenters. The molecule has 0 aromatic heterocycles. The number of fused-ring (bicyclic) bond motifs is 2. The summed E-state index contributed by atoms with van der Waals surface area (Å²) in [7, 11) is 0. The average Bonchev–Trinajstić information content (AvgIpc) is 2.97. The smallest absolute Gasteiger partial charge is 0.332 e. The van der Waals surface area contributed by atoms with Gasteiger partial charge in [0.25, 0.3) is 0 Å². The van der Waals surface area contributed by atoms with Crippen LogP contribution >= 0.6 is 0 Å². The van der Waals surface area contributed by atoms with E-state index in [1.807, 2.05) is 5.01 Å². The van der Waals surface area contributed by atoms with E-state index in [0.717, 1.165) is 12.8 Å². The van der Waals surface area contributed by atoms with Crippen LogP contribution in [0.1, 0.15) is 19.3 Å². The largest absolute Gasteiger partial charge is 0.481 e. The molecule has 0 spiro atoms. The van der Waals surface area contributed by atoms with Crippen LogP contribution in [-0.4, -0.2) is 65.4 Å². The summed E-state index contributed by atoms with van der Waals surface area (Å²) < 4.78 is 5.23. The predicted octanol–water partition coefficient (Wildman–Crippen LogP) is -0.119. The first-order valence-electron chi connectivity index (χ1n) is 6.81. The van der Waals surface area contributed by atoms with Crippen LogP contribution in [0, 0.1) is 5.92 Å². The van der Waals surface area contributed by atoms with Crippen LogP contribution in [0.5, 0.6) is 0 Å². The number of rotatable bonds is 2. The fourth-order valence-corrected chi connectivity index (χ4v) is 3.44. The van der Waals surface area contributed by atoms with Gasteiger partial charge in [-0.2, -0.15) is 0 Å². The topological polar surface area (TPSA) is 82.1 Å². The van der Waals surface area contributed by atoms with Gasteiger partial charge in [-0.3, -0.25) is 10.2 Å². The van der Waals surface area contributed by atoms with Crippen LogP contribution in [0.25, 0.3) is 0 Å². The van der Waals surface area contributed by atoms with E-state index in [1.54, 1.807) is 4.90 Å². The summed E-state index contributed by atoms with van der Waals surface area (Å²) >= 11 is 0. The Labute approximate surface area is 111 Å². The molecule has 3 heterocycles. The number of carbonyl (C=O) groups excluding carboxylic acids is 1. The van der Waals surface area contributed by atoms with Crippen molar-refractivity contribution in [1.29, 1.82) is 0 Å². The van der Waals surface area contributed by atoms with Gasteiger partial charge in [-0.15, -0.1) is 0 Å². The van der Waals surface area contributed by atoms with E-state index in [2.05, 4.69) is 5.43 Å². The van der Waals surface area contributed by atoms with Crippen LogP contribution < -0.4 is 5.43 Å². The lowest BCUT2D eigenvalue weighted by molar-refractivity contribution is -0.142. The van der Waals surface area contributed by atoms with Gasteiger partial charge in [0.15, 0.2) is 0 Å². The zero-order valence-corrected chi connectivity index (χ0v) is 10.7. The van der Waals surface area contributed by atoms with Crippen molar-refractivity contribution in [3.63, 3.8) is 0 Å². The van der Waals surface area contributed by atoms with Crippen LogP contribution in [0.3, 0.4) is 0 Å². The van der Waals surface area contributed by atoms with E-state index < -0.39 is 11.9 Å². The lowest BCUT2D eigenvalue weighted by Gasteiger charge is -2.31. The zero-order valence-electron chi connectivity index (χ0n) is 10.7.